The molecule has 0 aromatic carbocycles. The molecular weight excluding hydrogens is 529 g/mol. The lowest BCUT2D eigenvalue weighted by atomic mass is 9.95. The fourth-order valence-corrected chi connectivity index (χ4v) is 5.38. The molecule has 2 saturated carbocycles. The van der Waals surface area contributed by atoms with Crippen LogP contribution in [0.25, 0.3) is 11.2 Å². The van der Waals surface area contributed by atoms with Gasteiger partial charge >= 0.3 is 12.1 Å². The molecule has 0 spiro atoms. The predicted molar refractivity (Wildman–Crippen MR) is 125 cm³/mol. The minimum absolute atomic E-state index is 0.207. The highest BCUT2D eigenvalue weighted by Gasteiger charge is 2.47. The van der Waals surface area contributed by atoms with E-state index >= 15 is 0 Å². The van der Waals surface area contributed by atoms with E-state index in [1.54, 1.807) is 4.57 Å². The number of nitrogens with two attached hydrogens (primary N) is 1. The summed E-state index contributed by atoms with van der Waals surface area (Å²) in [5, 5.41) is 43.9. The summed E-state index contributed by atoms with van der Waals surface area (Å²) in [5.41, 5.74) is 7.00. The summed E-state index contributed by atoms with van der Waals surface area (Å²) in [6.07, 6.45) is -3.05. The lowest BCUT2D eigenvalue weighted by molar-refractivity contribution is -0.192. The number of rotatable bonds is 5. The van der Waals surface area contributed by atoms with Gasteiger partial charge in [0.2, 0.25) is 11.8 Å². The zero-order chi connectivity index (χ0) is 28.1. The maximum Gasteiger partial charge on any atom is 0.490 e. The molecule has 212 valence electrons. The van der Waals surface area contributed by atoms with E-state index in [1.807, 2.05) is 6.92 Å². The predicted octanol–water partition coefficient (Wildman–Crippen LogP) is 0.641. The first-order valence-corrected chi connectivity index (χ1v) is 12.3. The van der Waals surface area contributed by atoms with Gasteiger partial charge in [0.1, 0.15) is 17.7 Å². The molecule has 3 fully saturated rings. The first-order valence-electron chi connectivity index (χ1n) is 12.3. The van der Waals surface area contributed by atoms with Crippen molar-refractivity contribution in [1.29, 1.82) is 0 Å². The van der Waals surface area contributed by atoms with Crippen LogP contribution < -0.4 is 11.1 Å². The third-order valence-electron chi connectivity index (χ3n) is 7.26. The number of nitrogen functional groups attached to an aromatic ring is 1. The van der Waals surface area contributed by atoms with Gasteiger partial charge in [-0.05, 0) is 43.2 Å². The molecule has 4 heterocycles. The molecule has 2 aliphatic carbocycles. The number of alkyl halides is 3. The van der Waals surface area contributed by atoms with E-state index in [0.29, 0.717) is 35.6 Å². The van der Waals surface area contributed by atoms with E-state index in [1.165, 1.54) is 30.4 Å². The van der Waals surface area contributed by atoms with Crippen molar-refractivity contribution < 1.29 is 38.0 Å². The first-order chi connectivity index (χ1) is 18.5. The van der Waals surface area contributed by atoms with Crippen molar-refractivity contribution in [2.45, 2.75) is 75.9 Å². The number of anilines is 2. The Labute approximate surface area is 218 Å². The SMILES string of the molecule is CCn1nnc([C@H]2O[C@@H](n3cnc4c(N)nc(NC5CC6CCC5C6)nc43)[C@H](O)[C@@H]2O)n1.O=C(O)C(F)(F)F. The van der Waals surface area contributed by atoms with Crippen molar-refractivity contribution in [2.24, 2.45) is 11.8 Å². The van der Waals surface area contributed by atoms with Gasteiger partial charge in [-0.2, -0.15) is 27.9 Å². The summed E-state index contributed by atoms with van der Waals surface area (Å²) in [7, 11) is 0. The summed E-state index contributed by atoms with van der Waals surface area (Å²) in [4.78, 5) is 23.6. The van der Waals surface area contributed by atoms with Crippen molar-refractivity contribution >= 4 is 28.9 Å². The van der Waals surface area contributed by atoms with Crippen LogP contribution >= 0.6 is 0 Å². The van der Waals surface area contributed by atoms with Gasteiger partial charge in [0.25, 0.3) is 0 Å². The Morgan fingerprint density at radius 1 is 1.23 bits per heavy atom. The van der Waals surface area contributed by atoms with Crippen LogP contribution in [0, 0.1) is 11.8 Å². The van der Waals surface area contributed by atoms with E-state index in [9.17, 15) is 23.4 Å². The van der Waals surface area contributed by atoms with Gasteiger partial charge in [0.05, 0.1) is 12.9 Å². The van der Waals surface area contributed by atoms with Gasteiger partial charge in [0, 0.05) is 6.04 Å². The largest absolute Gasteiger partial charge is 0.490 e. The molecule has 3 unspecified atom stereocenters. The Hall–Kier alpha value is -3.64. The zero-order valence-electron chi connectivity index (χ0n) is 20.6. The number of aliphatic hydroxyl groups excluding tert-OH is 2. The Morgan fingerprint density at radius 3 is 2.56 bits per heavy atom. The molecule has 0 amide bonds. The van der Waals surface area contributed by atoms with Gasteiger partial charge in [0.15, 0.2) is 23.8 Å². The number of hydrogen-bond acceptors (Lipinski definition) is 12. The molecule has 1 aliphatic heterocycles. The van der Waals surface area contributed by atoms with Crippen molar-refractivity contribution in [1.82, 2.24) is 39.7 Å². The van der Waals surface area contributed by atoms with Gasteiger partial charge in [-0.25, -0.2) is 9.78 Å². The quantitative estimate of drug-likeness (QED) is 0.292. The number of carboxylic acid groups (broad SMARTS) is 1. The second-order valence-electron chi connectivity index (χ2n) is 9.75. The lowest BCUT2D eigenvalue weighted by Gasteiger charge is -2.23. The minimum Gasteiger partial charge on any atom is -0.475 e. The summed E-state index contributed by atoms with van der Waals surface area (Å²) in [5.74, 6) is -0.442. The van der Waals surface area contributed by atoms with Crippen molar-refractivity contribution in [3.63, 3.8) is 0 Å². The molecule has 2 bridgehead atoms. The molecule has 7 atom stereocenters. The maximum absolute atomic E-state index is 10.7. The summed E-state index contributed by atoms with van der Waals surface area (Å²) < 4.78 is 39.3. The Bertz CT molecular complexity index is 1350. The van der Waals surface area contributed by atoms with Crippen molar-refractivity contribution in [2.75, 3.05) is 11.1 Å². The minimum atomic E-state index is -5.08. The highest BCUT2D eigenvalue weighted by Crippen LogP contribution is 2.45. The fourth-order valence-electron chi connectivity index (χ4n) is 5.38. The summed E-state index contributed by atoms with van der Waals surface area (Å²) >= 11 is 0. The maximum atomic E-state index is 10.7. The molecule has 39 heavy (non-hydrogen) atoms. The molecule has 3 aromatic rings. The van der Waals surface area contributed by atoms with Crippen LogP contribution in [0.3, 0.4) is 0 Å². The van der Waals surface area contributed by atoms with Crippen molar-refractivity contribution in [3.05, 3.63) is 12.2 Å². The number of carbonyl (C=O) groups is 1. The third kappa shape index (κ3) is 5.18. The first kappa shape index (κ1) is 26.9. The molecule has 1 saturated heterocycles. The monoisotopic (exact) mass is 556 g/mol. The number of aliphatic hydroxyl groups is 2. The van der Waals surface area contributed by atoms with Crippen LogP contribution in [0.1, 0.15) is 50.8 Å². The number of nitrogens with zero attached hydrogens (tertiary/aromatic N) is 8. The number of halogens is 3. The normalized spacial score (nSPS) is 29.9. The van der Waals surface area contributed by atoms with E-state index < -0.39 is 36.7 Å². The van der Waals surface area contributed by atoms with Crippen LogP contribution in [0.4, 0.5) is 24.9 Å². The molecular formula is C21H27F3N10O5. The van der Waals surface area contributed by atoms with Gasteiger partial charge < -0.3 is 31.1 Å². The molecule has 6 N–H and O–H groups in total. The second-order valence-corrected chi connectivity index (χ2v) is 9.75. The zero-order valence-corrected chi connectivity index (χ0v) is 20.6. The van der Waals surface area contributed by atoms with Crippen molar-refractivity contribution in [3.8, 4) is 0 Å². The van der Waals surface area contributed by atoms with Crippen LogP contribution in [-0.4, -0.2) is 85.4 Å². The van der Waals surface area contributed by atoms with Crippen LogP contribution in [0.5, 0.6) is 0 Å². The van der Waals surface area contributed by atoms with E-state index in [-0.39, 0.29) is 11.6 Å². The number of aliphatic carboxylic acids is 1. The number of nitrogens with one attached hydrogen (secondary N) is 1. The van der Waals surface area contributed by atoms with E-state index in [2.05, 4.69) is 35.7 Å². The number of aryl methyl sites for hydroxylation is 1. The highest BCUT2D eigenvalue weighted by atomic mass is 19.4. The number of fused-ring (bicyclic) bond motifs is 3. The molecule has 3 aliphatic rings. The lowest BCUT2D eigenvalue weighted by Crippen LogP contribution is -2.29. The standard InChI is InChI=1S/C19H26N10O3.C2HF3O2/c1-2-29-26-16(25-27-29)14-12(30)13(31)18(32-14)28-7-21-11-15(20)23-19(24-17(11)28)22-10-6-8-3-4-9(10)5-8;3-2(4,5)1(6)7/h7-10,12-14,18,30-31H,2-6H2,1H3,(H3,20,22,23,24);(H,6,7)/t8?,9?,10?,12-,13+,14-,18+;/m0./s1. The number of tetrazole rings is 1. The summed E-state index contributed by atoms with van der Waals surface area (Å²) in [6, 6.07) is 0.341. The average Bonchev–Trinajstić information content (AvgIpc) is 3.70. The Kier molecular flexibility index (Phi) is 7.02. The number of imidazole rings is 1. The Balaban J connectivity index is 0.000000392. The fraction of sp³-hybridized carbons (Fsp3) is 0.667. The number of aromatic nitrogens is 8. The van der Waals surface area contributed by atoms with Crippen LogP contribution in [-0.2, 0) is 16.1 Å². The van der Waals surface area contributed by atoms with Gasteiger partial charge in [-0.3, -0.25) is 4.57 Å². The second kappa shape index (κ2) is 10.2. The molecule has 0 radical (unpaired) electrons. The van der Waals surface area contributed by atoms with Crippen LogP contribution in [0.15, 0.2) is 6.33 Å². The highest BCUT2D eigenvalue weighted by molar-refractivity contribution is 5.83. The average molecular weight is 557 g/mol. The smallest absolute Gasteiger partial charge is 0.475 e. The topological polar surface area (TPSA) is 212 Å². The summed E-state index contributed by atoms with van der Waals surface area (Å²) in [6.45, 7) is 2.40. The van der Waals surface area contributed by atoms with Crippen LogP contribution in [0.2, 0.25) is 0 Å². The molecule has 18 heteroatoms. The van der Waals surface area contributed by atoms with Gasteiger partial charge in [-0.15, -0.1) is 10.2 Å². The number of carboxylic acids is 1. The molecule has 6 rings (SSSR count). The molecule has 15 nitrogen and oxygen atoms in total. The Morgan fingerprint density at radius 2 is 1.97 bits per heavy atom. The number of ether oxygens (including phenoxy) is 1. The number of hydrogen-bond donors (Lipinski definition) is 5. The van der Waals surface area contributed by atoms with Gasteiger partial charge in [-0.1, -0.05) is 6.42 Å². The molecule has 3 aromatic heterocycles. The van der Waals surface area contributed by atoms with E-state index in [4.69, 9.17) is 20.4 Å². The van der Waals surface area contributed by atoms with E-state index in [0.717, 1.165) is 12.3 Å². The third-order valence-corrected chi connectivity index (χ3v) is 7.26.